The maximum atomic E-state index is 5.59. The average Bonchev–Trinajstić information content (AvgIpc) is 2.87. The second-order valence-electron chi connectivity index (χ2n) is 4.41. The summed E-state index contributed by atoms with van der Waals surface area (Å²) in [6.45, 7) is 1.83. The van der Waals surface area contributed by atoms with Crippen LogP contribution in [0.1, 0.15) is 17.0 Å². The predicted octanol–water partition coefficient (Wildman–Crippen LogP) is 2.42. The van der Waals surface area contributed by atoms with Gasteiger partial charge in [0, 0.05) is 5.56 Å². The molecule has 0 amide bonds. The smallest absolute Gasteiger partial charge is 0.149 e. The largest absolute Gasteiger partial charge is 0.382 e. The van der Waals surface area contributed by atoms with Crippen LogP contribution >= 0.6 is 0 Å². The van der Waals surface area contributed by atoms with E-state index in [4.69, 9.17) is 10.3 Å². The van der Waals surface area contributed by atoms with E-state index in [1.807, 2.05) is 37.3 Å². The number of aryl methyl sites for hydroxylation is 1. The van der Waals surface area contributed by atoms with Crippen molar-refractivity contribution < 1.29 is 4.52 Å². The van der Waals surface area contributed by atoms with Gasteiger partial charge in [0.05, 0.1) is 18.0 Å². The Balaban J connectivity index is 2.03. The normalized spacial score (nSPS) is 9.95. The Morgan fingerprint density at radius 1 is 1.10 bits per heavy atom. The SMILES string of the molecule is Cc1onc(-c2ccccc2)c1C#Cc1cncc(N)n1. The molecule has 0 spiro atoms. The van der Waals surface area contributed by atoms with E-state index in [9.17, 15) is 0 Å². The molecule has 0 aliphatic rings. The molecule has 2 heterocycles. The first-order chi connectivity index (χ1) is 10.2. The zero-order chi connectivity index (χ0) is 14.7. The van der Waals surface area contributed by atoms with Gasteiger partial charge in [0.25, 0.3) is 0 Å². The summed E-state index contributed by atoms with van der Waals surface area (Å²) in [6.07, 6.45) is 3.04. The highest BCUT2D eigenvalue weighted by atomic mass is 16.5. The molecule has 5 nitrogen and oxygen atoms in total. The van der Waals surface area contributed by atoms with Crippen molar-refractivity contribution >= 4 is 5.82 Å². The minimum absolute atomic E-state index is 0.340. The molecule has 0 bridgehead atoms. The Hall–Kier alpha value is -3.13. The van der Waals surface area contributed by atoms with Crippen LogP contribution in [0.3, 0.4) is 0 Å². The number of nitrogens with zero attached hydrogens (tertiary/aromatic N) is 3. The van der Waals surface area contributed by atoms with Crippen molar-refractivity contribution in [3.05, 3.63) is 59.7 Å². The lowest BCUT2D eigenvalue weighted by Gasteiger charge is -1.95. The van der Waals surface area contributed by atoms with Gasteiger partial charge in [-0.3, -0.25) is 4.98 Å². The van der Waals surface area contributed by atoms with Gasteiger partial charge in [0.2, 0.25) is 0 Å². The zero-order valence-electron chi connectivity index (χ0n) is 11.4. The maximum Gasteiger partial charge on any atom is 0.149 e. The number of nitrogen functional groups attached to an aromatic ring is 1. The molecule has 21 heavy (non-hydrogen) atoms. The van der Waals surface area contributed by atoms with Crippen molar-refractivity contribution in [2.24, 2.45) is 0 Å². The van der Waals surface area contributed by atoms with E-state index in [0.717, 1.165) is 16.8 Å². The summed E-state index contributed by atoms with van der Waals surface area (Å²) in [5, 5.41) is 4.08. The third-order valence-corrected chi connectivity index (χ3v) is 2.88. The molecule has 5 heteroatoms. The Morgan fingerprint density at radius 2 is 1.90 bits per heavy atom. The minimum Gasteiger partial charge on any atom is -0.382 e. The second-order valence-corrected chi connectivity index (χ2v) is 4.41. The first-order valence-electron chi connectivity index (χ1n) is 6.35. The summed E-state index contributed by atoms with van der Waals surface area (Å²) >= 11 is 0. The van der Waals surface area contributed by atoms with Crippen LogP contribution in [0.4, 0.5) is 5.82 Å². The van der Waals surface area contributed by atoms with Gasteiger partial charge >= 0.3 is 0 Å². The van der Waals surface area contributed by atoms with Crippen LogP contribution in [-0.2, 0) is 0 Å². The summed E-state index contributed by atoms with van der Waals surface area (Å²) < 4.78 is 5.25. The fraction of sp³-hybridized carbons (Fsp3) is 0.0625. The Morgan fingerprint density at radius 3 is 2.67 bits per heavy atom. The fourth-order valence-electron chi connectivity index (χ4n) is 1.88. The van der Waals surface area contributed by atoms with Crippen molar-refractivity contribution in [2.45, 2.75) is 6.92 Å². The van der Waals surface area contributed by atoms with Gasteiger partial charge < -0.3 is 10.3 Å². The molecule has 0 aliphatic heterocycles. The second kappa shape index (κ2) is 5.47. The first-order valence-corrected chi connectivity index (χ1v) is 6.35. The fourth-order valence-corrected chi connectivity index (χ4v) is 1.88. The quantitative estimate of drug-likeness (QED) is 0.691. The van der Waals surface area contributed by atoms with E-state index < -0.39 is 0 Å². The van der Waals surface area contributed by atoms with Gasteiger partial charge in [-0.15, -0.1) is 0 Å². The third kappa shape index (κ3) is 2.74. The molecule has 3 rings (SSSR count). The maximum absolute atomic E-state index is 5.59. The van der Waals surface area contributed by atoms with E-state index in [-0.39, 0.29) is 0 Å². The number of rotatable bonds is 1. The lowest BCUT2D eigenvalue weighted by atomic mass is 10.1. The molecule has 0 atom stereocenters. The van der Waals surface area contributed by atoms with Gasteiger partial charge in [0.1, 0.15) is 23.0 Å². The number of hydrogen-bond acceptors (Lipinski definition) is 5. The monoisotopic (exact) mass is 276 g/mol. The Bertz CT molecular complexity index is 828. The number of anilines is 1. The highest BCUT2D eigenvalue weighted by molar-refractivity contribution is 5.68. The number of nitrogens with two attached hydrogens (primary N) is 1. The standard InChI is InChI=1S/C16H12N4O/c1-11-14(8-7-13-9-18-10-15(17)19-13)16(20-21-11)12-5-3-2-4-6-12/h2-6,9-10H,1H3,(H2,17,19). The lowest BCUT2D eigenvalue weighted by Crippen LogP contribution is -1.93. The van der Waals surface area contributed by atoms with Gasteiger partial charge in [-0.2, -0.15) is 0 Å². The average molecular weight is 276 g/mol. The molecule has 2 aromatic heterocycles. The number of benzene rings is 1. The van der Waals surface area contributed by atoms with E-state index in [1.165, 1.54) is 6.20 Å². The Kier molecular flexibility index (Phi) is 3.36. The highest BCUT2D eigenvalue weighted by Crippen LogP contribution is 2.24. The highest BCUT2D eigenvalue weighted by Gasteiger charge is 2.12. The molecule has 0 radical (unpaired) electrons. The van der Waals surface area contributed by atoms with Crippen molar-refractivity contribution in [3.63, 3.8) is 0 Å². The van der Waals surface area contributed by atoms with Gasteiger partial charge in [-0.1, -0.05) is 41.4 Å². The Labute approximate surface area is 121 Å². The van der Waals surface area contributed by atoms with Gasteiger partial charge in [-0.25, -0.2) is 4.98 Å². The van der Waals surface area contributed by atoms with E-state index in [2.05, 4.69) is 27.0 Å². The topological polar surface area (TPSA) is 77.8 Å². The number of hydrogen-bond donors (Lipinski definition) is 1. The number of aromatic nitrogens is 3. The molecule has 0 unspecified atom stereocenters. The first kappa shape index (κ1) is 12.9. The van der Waals surface area contributed by atoms with Crippen molar-refractivity contribution in [3.8, 4) is 23.1 Å². The molecular weight excluding hydrogens is 264 g/mol. The van der Waals surface area contributed by atoms with Crippen molar-refractivity contribution in [1.29, 1.82) is 0 Å². The van der Waals surface area contributed by atoms with Crippen molar-refractivity contribution in [2.75, 3.05) is 5.73 Å². The summed E-state index contributed by atoms with van der Waals surface area (Å²) in [7, 11) is 0. The van der Waals surface area contributed by atoms with Crippen LogP contribution in [0.25, 0.3) is 11.3 Å². The lowest BCUT2D eigenvalue weighted by molar-refractivity contribution is 0.399. The van der Waals surface area contributed by atoms with Crippen LogP contribution in [0.2, 0.25) is 0 Å². The van der Waals surface area contributed by atoms with Gasteiger partial charge in [0.15, 0.2) is 0 Å². The molecule has 2 N–H and O–H groups in total. The summed E-state index contributed by atoms with van der Waals surface area (Å²) in [5.41, 5.74) is 8.51. The minimum atomic E-state index is 0.340. The molecule has 0 saturated heterocycles. The molecule has 0 aliphatic carbocycles. The third-order valence-electron chi connectivity index (χ3n) is 2.88. The summed E-state index contributed by atoms with van der Waals surface area (Å²) in [6, 6.07) is 9.76. The van der Waals surface area contributed by atoms with Crippen LogP contribution in [0.15, 0.2) is 47.2 Å². The van der Waals surface area contributed by atoms with E-state index in [1.54, 1.807) is 6.20 Å². The van der Waals surface area contributed by atoms with Crippen molar-refractivity contribution in [1.82, 2.24) is 15.1 Å². The van der Waals surface area contributed by atoms with Crippen LogP contribution in [-0.4, -0.2) is 15.1 Å². The summed E-state index contributed by atoms with van der Waals surface area (Å²) in [5.74, 6) is 6.98. The zero-order valence-corrected chi connectivity index (χ0v) is 11.4. The summed E-state index contributed by atoms with van der Waals surface area (Å²) in [4.78, 5) is 8.05. The molecule has 1 aromatic carbocycles. The van der Waals surface area contributed by atoms with Crippen LogP contribution in [0, 0.1) is 18.8 Å². The molecule has 3 aromatic rings. The molecule has 0 saturated carbocycles. The van der Waals surface area contributed by atoms with E-state index in [0.29, 0.717) is 17.3 Å². The predicted molar refractivity (Wildman–Crippen MR) is 79.1 cm³/mol. The molecule has 102 valence electrons. The van der Waals surface area contributed by atoms with Crippen LogP contribution < -0.4 is 5.73 Å². The molecule has 0 fully saturated rings. The molecular formula is C16H12N4O. The van der Waals surface area contributed by atoms with Crippen LogP contribution in [0.5, 0.6) is 0 Å². The van der Waals surface area contributed by atoms with E-state index >= 15 is 0 Å². The van der Waals surface area contributed by atoms with Gasteiger partial charge in [-0.05, 0) is 12.8 Å².